The summed E-state index contributed by atoms with van der Waals surface area (Å²) in [6.07, 6.45) is 0.746. The van der Waals surface area contributed by atoms with Crippen LogP contribution in [0.4, 0.5) is 10.5 Å². The molecule has 1 atom stereocenters. The Kier molecular flexibility index (Phi) is 14.5. The molecule has 0 aliphatic carbocycles. The Labute approximate surface area is 222 Å². The number of nitrogens with one attached hydrogen (secondary N) is 1. The van der Waals surface area contributed by atoms with Gasteiger partial charge in [-0.3, -0.25) is 10.1 Å². The number of carboxylic acid groups (broad SMARTS) is 1. The van der Waals surface area contributed by atoms with Crippen LogP contribution in [0.25, 0.3) is 0 Å². The number of anilines is 1. The Bertz CT molecular complexity index is 853. The number of carbonyl (C=O) groups excluding carboxylic acids is 1. The van der Waals surface area contributed by atoms with Crippen LogP contribution in [0.2, 0.25) is 0 Å². The average Bonchev–Trinajstić information content (AvgIpc) is 2.68. The first-order valence-electron chi connectivity index (χ1n) is 10.3. The second-order valence-electron chi connectivity index (χ2n) is 8.05. The Morgan fingerprint density at radius 2 is 1.61 bits per heavy atom. The minimum Gasteiger partial charge on any atom is -0.870 e. The van der Waals surface area contributed by atoms with Crippen LogP contribution >= 0.6 is 11.8 Å². The van der Waals surface area contributed by atoms with Gasteiger partial charge in [-0.1, -0.05) is 31.2 Å². The van der Waals surface area contributed by atoms with Gasteiger partial charge in [-0.05, 0) is 68.3 Å². The van der Waals surface area contributed by atoms with Crippen molar-refractivity contribution in [2.24, 2.45) is 0 Å². The number of hydrogen-bond donors (Lipinski definition) is 2. The zero-order valence-electron chi connectivity index (χ0n) is 20.0. The topological polar surface area (TPSA) is 115 Å². The third kappa shape index (κ3) is 12.4. The molecule has 2 aromatic carbocycles. The van der Waals surface area contributed by atoms with Crippen molar-refractivity contribution in [3.05, 3.63) is 59.7 Å². The zero-order valence-corrected chi connectivity index (χ0v) is 22.8. The predicted molar refractivity (Wildman–Crippen MR) is 127 cm³/mol. The second-order valence-corrected chi connectivity index (χ2v) is 9.53. The second kappa shape index (κ2) is 15.2. The number of carbonyl (C=O) groups is 2. The van der Waals surface area contributed by atoms with Crippen molar-refractivity contribution < 1.29 is 59.2 Å². The first-order chi connectivity index (χ1) is 14.7. The van der Waals surface area contributed by atoms with Crippen LogP contribution in [0.1, 0.15) is 38.8 Å². The van der Waals surface area contributed by atoms with Crippen LogP contribution < -0.4 is 39.6 Å². The van der Waals surface area contributed by atoms with E-state index in [0.29, 0.717) is 18.7 Å². The van der Waals surface area contributed by atoms with E-state index in [1.807, 2.05) is 76.2 Å². The number of rotatable bonds is 10. The zero-order chi connectivity index (χ0) is 22.9. The van der Waals surface area contributed by atoms with Crippen LogP contribution in [0.5, 0.6) is 5.75 Å². The van der Waals surface area contributed by atoms with E-state index < -0.39 is 22.9 Å². The Morgan fingerprint density at radius 1 is 1.03 bits per heavy atom. The standard InChI is InChI=1S/C24H31NO5S.Na.H2O/c1-5-31-21(22(26)27)16-18-8-12-20(13-9-18)29-15-14-17-6-10-19(11-7-17)25-23(28)30-24(2,3)4;;/h6-13,21H,5,14-16H2,1-4H3,(H,25,28)(H,26,27);;1H2/q;+1;/p-1. The molecule has 2 rings (SSSR count). The van der Waals surface area contributed by atoms with Crippen molar-refractivity contribution in [1.29, 1.82) is 0 Å². The molecule has 1 unspecified atom stereocenters. The molecular formula is C24H32NNaO6S. The minimum atomic E-state index is -0.778. The molecule has 176 valence electrons. The minimum absolute atomic E-state index is 0. The van der Waals surface area contributed by atoms with Gasteiger partial charge in [-0.2, -0.15) is 0 Å². The number of benzene rings is 2. The third-order valence-corrected chi connectivity index (χ3v) is 5.35. The van der Waals surface area contributed by atoms with E-state index in [1.54, 1.807) is 0 Å². The quantitative estimate of drug-likeness (QED) is 0.496. The van der Waals surface area contributed by atoms with Gasteiger partial charge in [0.05, 0.1) is 6.61 Å². The van der Waals surface area contributed by atoms with Crippen LogP contribution in [-0.4, -0.2) is 45.9 Å². The van der Waals surface area contributed by atoms with Crippen LogP contribution in [-0.2, 0) is 22.4 Å². The van der Waals surface area contributed by atoms with Crippen molar-refractivity contribution in [2.45, 2.75) is 51.4 Å². The molecule has 0 aliphatic heterocycles. The molecule has 0 spiro atoms. The molecule has 1 amide bonds. The molecule has 0 aliphatic rings. The molecule has 0 saturated heterocycles. The van der Waals surface area contributed by atoms with Crippen molar-refractivity contribution in [1.82, 2.24) is 0 Å². The van der Waals surface area contributed by atoms with E-state index in [9.17, 15) is 14.7 Å². The van der Waals surface area contributed by atoms with E-state index in [2.05, 4.69) is 5.32 Å². The molecular weight excluding hydrogens is 453 g/mol. The molecule has 0 aromatic heterocycles. The number of amides is 1. The molecule has 0 radical (unpaired) electrons. The van der Waals surface area contributed by atoms with Gasteiger partial charge in [0.25, 0.3) is 0 Å². The summed E-state index contributed by atoms with van der Waals surface area (Å²) in [5.41, 5.74) is 2.21. The maximum Gasteiger partial charge on any atom is 1.00 e. The largest absolute Gasteiger partial charge is 1.00 e. The first-order valence-corrected chi connectivity index (χ1v) is 11.4. The molecule has 0 heterocycles. The fourth-order valence-corrected chi connectivity index (χ4v) is 3.67. The third-order valence-electron chi connectivity index (χ3n) is 4.25. The smallest absolute Gasteiger partial charge is 0.870 e. The van der Waals surface area contributed by atoms with Gasteiger partial charge < -0.3 is 20.1 Å². The molecule has 0 saturated carbocycles. The normalized spacial score (nSPS) is 11.4. The molecule has 9 heteroatoms. The van der Waals surface area contributed by atoms with E-state index in [1.165, 1.54) is 11.8 Å². The van der Waals surface area contributed by atoms with Crippen molar-refractivity contribution in [2.75, 3.05) is 17.7 Å². The van der Waals surface area contributed by atoms with Gasteiger partial charge in [0.1, 0.15) is 16.6 Å². The summed E-state index contributed by atoms with van der Waals surface area (Å²) >= 11 is 1.44. The Hall–Kier alpha value is -1.71. The maximum atomic E-state index is 11.8. The molecule has 33 heavy (non-hydrogen) atoms. The number of thioether (sulfide) groups is 1. The molecule has 0 fully saturated rings. The van der Waals surface area contributed by atoms with Gasteiger partial charge in [0, 0.05) is 12.1 Å². The Balaban J connectivity index is 0.00000512. The number of hydrogen-bond acceptors (Lipinski definition) is 6. The van der Waals surface area contributed by atoms with Crippen molar-refractivity contribution >= 4 is 29.5 Å². The van der Waals surface area contributed by atoms with E-state index in [-0.39, 0.29) is 35.0 Å². The number of ether oxygens (including phenoxy) is 2. The van der Waals surface area contributed by atoms with E-state index >= 15 is 0 Å². The van der Waals surface area contributed by atoms with E-state index in [4.69, 9.17) is 9.47 Å². The molecule has 7 nitrogen and oxygen atoms in total. The fraction of sp³-hybridized carbons (Fsp3) is 0.417. The monoisotopic (exact) mass is 485 g/mol. The average molecular weight is 486 g/mol. The van der Waals surface area contributed by atoms with Crippen LogP contribution in [0.15, 0.2) is 48.5 Å². The molecule has 3 N–H and O–H groups in total. The predicted octanol–water partition coefficient (Wildman–Crippen LogP) is 2.23. The van der Waals surface area contributed by atoms with Gasteiger partial charge >= 0.3 is 41.6 Å². The summed E-state index contributed by atoms with van der Waals surface area (Å²) in [5, 5.41) is 11.6. The van der Waals surface area contributed by atoms with Gasteiger partial charge in [-0.15, -0.1) is 11.8 Å². The maximum absolute atomic E-state index is 11.8. The number of carboxylic acids is 1. The summed E-state index contributed by atoms with van der Waals surface area (Å²) in [4.78, 5) is 23.1. The van der Waals surface area contributed by atoms with Crippen molar-refractivity contribution in [3.63, 3.8) is 0 Å². The molecule has 0 bridgehead atoms. The van der Waals surface area contributed by atoms with Crippen molar-refractivity contribution in [3.8, 4) is 5.75 Å². The fourth-order valence-electron chi connectivity index (χ4n) is 2.82. The summed E-state index contributed by atoms with van der Waals surface area (Å²) in [6.45, 7) is 7.94. The van der Waals surface area contributed by atoms with Gasteiger partial charge in [0.15, 0.2) is 0 Å². The SMILES string of the molecule is CCSC(Cc1ccc(OCCc2ccc(NC(=O)OC(C)(C)C)cc2)cc1)C(=O)O.[Na+].[OH-]. The molecule has 2 aromatic rings. The summed E-state index contributed by atoms with van der Waals surface area (Å²) in [6, 6.07) is 15.1. The van der Waals surface area contributed by atoms with E-state index in [0.717, 1.165) is 29.1 Å². The van der Waals surface area contributed by atoms with Gasteiger partial charge in [0.2, 0.25) is 0 Å². The Morgan fingerprint density at radius 3 is 2.12 bits per heavy atom. The summed E-state index contributed by atoms with van der Waals surface area (Å²) < 4.78 is 11.0. The first kappa shape index (κ1) is 31.3. The van der Waals surface area contributed by atoms with Gasteiger partial charge in [-0.25, -0.2) is 4.79 Å². The number of aliphatic carboxylic acids is 1. The van der Waals surface area contributed by atoms with Crippen LogP contribution in [0.3, 0.4) is 0 Å². The summed E-state index contributed by atoms with van der Waals surface area (Å²) in [7, 11) is 0. The summed E-state index contributed by atoms with van der Waals surface area (Å²) in [5.74, 6) is 0.748. The van der Waals surface area contributed by atoms with Crippen LogP contribution in [0, 0.1) is 0 Å².